The lowest BCUT2D eigenvalue weighted by atomic mass is 10.2. The largest absolute Gasteiger partial charge is 0.454 e. The topological polar surface area (TPSA) is 143 Å². The monoisotopic (exact) mass is 494 g/mol. The predicted octanol–water partition coefficient (Wildman–Crippen LogP) is 0.492. The highest BCUT2D eigenvalue weighted by Gasteiger charge is 2.30. The van der Waals surface area contributed by atoms with Crippen LogP contribution in [0.3, 0.4) is 0 Å². The van der Waals surface area contributed by atoms with Gasteiger partial charge in [-0.3, -0.25) is 34.9 Å². The van der Waals surface area contributed by atoms with E-state index in [1.807, 2.05) is 0 Å². The van der Waals surface area contributed by atoms with E-state index in [1.54, 1.807) is 42.5 Å². The molecule has 0 atom stereocenters. The van der Waals surface area contributed by atoms with E-state index in [0.29, 0.717) is 11.1 Å². The van der Waals surface area contributed by atoms with E-state index in [0.717, 1.165) is 4.47 Å². The minimum absolute atomic E-state index is 0.0220. The lowest BCUT2D eigenvalue weighted by Crippen LogP contribution is -2.43. The minimum Gasteiger partial charge on any atom is -0.454 e. The number of benzene rings is 2. The fraction of sp³-hybridized carbons (Fsp3) is 0.111. The van der Waals surface area contributed by atoms with Crippen molar-refractivity contribution >= 4 is 49.6 Å². The van der Waals surface area contributed by atoms with Crippen LogP contribution in [-0.4, -0.2) is 45.2 Å². The van der Waals surface area contributed by atoms with Gasteiger partial charge in [0, 0.05) is 15.6 Å². The van der Waals surface area contributed by atoms with E-state index >= 15 is 0 Å². The number of sulfonamides is 1. The maximum Gasteiger partial charge on any atom is 0.328 e. The van der Waals surface area contributed by atoms with E-state index in [2.05, 4.69) is 36.5 Å². The SMILES string of the molecule is O=C(COC(=O)CN=C1NS(=O)(=O)c2ccccc21)NNC(=O)c1ccc(Br)cc1. The zero-order chi connectivity index (χ0) is 21.7. The number of fused-ring (bicyclic) bond motifs is 1. The second kappa shape index (κ2) is 9.05. The summed E-state index contributed by atoms with van der Waals surface area (Å²) in [7, 11) is -3.71. The Labute approximate surface area is 179 Å². The second-order valence-electron chi connectivity index (χ2n) is 5.94. The average Bonchev–Trinajstić information content (AvgIpc) is 3.00. The van der Waals surface area contributed by atoms with Crippen LogP contribution >= 0.6 is 15.9 Å². The third-order valence-electron chi connectivity index (χ3n) is 3.82. The zero-order valence-electron chi connectivity index (χ0n) is 15.2. The molecule has 0 aliphatic carbocycles. The Bertz CT molecular complexity index is 1130. The highest BCUT2D eigenvalue weighted by atomic mass is 79.9. The highest BCUT2D eigenvalue weighted by Crippen LogP contribution is 2.22. The number of ether oxygens (including phenoxy) is 1. The molecule has 0 saturated carbocycles. The summed E-state index contributed by atoms with van der Waals surface area (Å²) < 4.78 is 31.8. The van der Waals surface area contributed by atoms with Crippen molar-refractivity contribution in [1.29, 1.82) is 0 Å². The van der Waals surface area contributed by atoms with Gasteiger partial charge in [-0.1, -0.05) is 28.1 Å². The molecule has 0 saturated heterocycles. The molecule has 1 aliphatic heterocycles. The van der Waals surface area contributed by atoms with Crippen LogP contribution in [0.1, 0.15) is 15.9 Å². The molecule has 0 radical (unpaired) electrons. The smallest absolute Gasteiger partial charge is 0.328 e. The number of aliphatic imine (C=N–C) groups is 1. The average molecular weight is 495 g/mol. The van der Waals surface area contributed by atoms with E-state index in [-0.39, 0.29) is 10.7 Å². The quantitative estimate of drug-likeness (QED) is 0.407. The number of carbonyl (C=O) groups is 3. The normalized spacial score (nSPS) is 15.0. The van der Waals surface area contributed by atoms with Crippen molar-refractivity contribution in [1.82, 2.24) is 15.6 Å². The second-order valence-corrected chi connectivity index (χ2v) is 8.50. The standard InChI is InChI=1S/C18H15BrN4O6S/c19-12-7-5-11(6-8-12)18(26)22-21-15(24)10-29-16(25)9-20-17-13-3-1-2-4-14(13)30(27,28)23-17/h1-8H,9-10H2,(H,20,23)(H,21,24)(H,22,26). The number of hydrazine groups is 1. The first-order chi connectivity index (χ1) is 14.3. The summed E-state index contributed by atoms with van der Waals surface area (Å²) in [5, 5.41) is 0. The number of carbonyl (C=O) groups excluding carboxylic acids is 3. The number of halogens is 1. The van der Waals surface area contributed by atoms with Crippen LogP contribution in [0.4, 0.5) is 0 Å². The van der Waals surface area contributed by atoms with Gasteiger partial charge in [0.25, 0.3) is 21.8 Å². The van der Waals surface area contributed by atoms with Crippen LogP contribution in [-0.2, 0) is 24.3 Å². The van der Waals surface area contributed by atoms with Crippen molar-refractivity contribution in [3.8, 4) is 0 Å². The fourth-order valence-electron chi connectivity index (χ4n) is 2.42. The van der Waals surface area contributed by atoms with Crippen molar-refractivity contribution < 1.29 is 27.5 Å². The molecule has 156 valence electrons. The van der Waals surface area contributed by atoms with Gasteiger partial charge in [0.05, 0.1) is 4.90 Å². The third kappa shape index (κ3) is 5.21. The van der Waals surface area contributed by atoms with Crippen LogP contribution in [0, 0.1) is 0 Å². The number of amidine groups is 1. The molecular weight excluding hydrogens is 480 g/mol. The van der Waals surface area contributed by atoms with E-state index in [1.165, 1.54) is 6.07 Å². The molecule has 2 aromatic carbocycles. The van der Waals surface area contributed by atoms with Gasteiger partial charge in [-0.15, -0.1) is 0 Å². The number of rotatable bonds is 5. The van der Waals surface area contributed by atoms with Gasteiger partial charge in [0.15, 0.2) is 6.61 Å². The number of hydrogen-bond acceptors (Lipinski definition) is 7. The van der Waals surface area contributed by atoms with Gasteiger partial charge >= 0.3 is 5.97 Å². The number of hydrogen-bond donors (Lipinski definition) is 3. The molecule has 30 heavy (non-hydrogen) atoms. The van der Waals surface area contributed by atoms with Gasteiger partial charge in [-0.2, -0.15) is 0 Å². The number of esters is 1. The summed E-state index contributed by atoms with van der Waals surface area (Å²) in [5.74, 6) is -2.12. The Morgan fingerprint density at radius 3 is 2.47 bits per heavy atom. The van der Waals surface area contributed by atoms with Crippen LogP contribution in [0.5, 0.6) is 0 Å². The molecule has 0 fully saturated rings. The molecule has 10 nitrogen and oxygen atoms in total. The number of nitrogens with one attached hydrogen (secondary N) is 3. The molecule has 2 aromatic rings. The van der Waals surface area contributed by atoms with E-state index < -0.39 is 41.0 Å². The van der Waals surface area contributed by atoms with Crippen LogP contribution in [0.25, 0.3) is 0 Å². The third-order valence-corrected chi connectivity index (χ3v) is 5.74. The highest BCUT2D eigenvalue weighted by molar-refractivity contribution is 9.10. The number of nitrogens with zero attached hydrogens (tertiary/aromatic N) is 1. The van der Waals surface area contributed by atoms with Crippen molar-refractivity contribution in [3.63, 3.8) is 0 Å². The molecule has 0 aromatic heterocycles. The Morgan fingerprint density at radius 1 is 1.03 bits per heavy atom. The van der Waals surface area contributed by atoms with Crippen LogP contribution in [0.2, 0.25) is 0 Å². The first kappa shape index (κ1) is 21.5. The Hall–Kier alpha value is -3.25. The maximum atomic E-state index is 12.0. The first-order valence-corrected chi connectivity index (χ1v) is 10.7. The number of amides is 2. The maximum absolute atomic E-state index is 12.0. The van der Waals surface area contributed by atoms with Gasteiger partial charge in [0.1, 0.15) is 12.4 Å². The summed E-state index contributed by atoms with van der Waals surface area (Å²) >= 11 is 3.25. The van der Waals surface area contributed by atoms with E-state index in [9.17, 15) is 22.8 Å². The molecule has 3 rings (SSSR count). The van der Waals surface area contributed by atoms with Crippen LogP contribution in [0.15, 0.2) is 62.9 Å². The van der Waals surface area contributed by atoms with Gasteiger partial charge in [0.2, 0.25) is 0 Å². The van der Waals surface area contributed by atoms with Crippen molar-refractivity contribution in [2.45, 2.75) is 4.90 Å². The summed E-state index contributed by atoms with van der Waals surface area (Å²) in [4.78, 5) is 39.4. The molecule has 0 unspecified atom stereocenters. The summed E-state index contributed by atoms with van der Waals surface area (Å²) in [6.07, 6.45) is 0. The molecular formula is C18H15BrN4O6S. The molecule has 2 amide bonds. The summed E-state index contributed by atoms with van der Waals surface area (Å²) in [6, 6.07) is 12.6. The lowest BCUT2D eigenvalue weighted by Gasteiger charge is -2.08. The molecule has 12 heteroatoms. The Morgan fingerprint density at radius 2 is 1.73 bits per heavy atom. The first-order valence-electron chi connectivity index (χ1n) is 8.43. The van der Waals surface area contributed by atoms with Crippen molar-refractivity contribution in [2.24, 2.45) is 4.99 Å². The predicted molar refractivity (Wildman–Crippen MR) is 109 cm³/mol. The zero-order valence-corrected chi connectivity index (χ0v) is 17.6. The Balaban J connectivity index is 1.46. The molecule has 0 spiro atoms. The van der Waals surface area contributed by atoms with Crippen molar-refractivity contribution in [2.75, 3.05) is 13.2 Å². The Kier molecular flexibility index (Phi) is 6.47. The minimum atomic E-state index is -3.71. The fourth-order valence-corrected chi connectivity index (χ4v) is 3.94. The molecule has 1 aliphatic rings. The molecule has 1 heterocycles. The van der Waals surface area contributed by atoms with Crippen molar-refractivity contribution in [3.05, 3.63) is 64.1 Å². The van der Waals surface area contributed by atoms with Crippen LogP contribution < -0.4 is 15.6 Å². The summed E-state index contributed by atoms with van der Waals surface area (Å²) in [5.41, 5.74) is 4.98. The molecule has 0 bridgehead atoms. The lowest BCUT2D eigenvalue weighted by molar-refractivity contribution is -0.147. The van der Waals surface area contributed by atoms with Gasteiger partial charge in [-0.05, 0) is 36.4 Å². The molecule has 3 N–H and O–H groups in total. The van der Waals surface area contributed by atoms with Gasteiger partial charge < -0.3 is 4.74 Å². The van der Waals surface area contributed by atoms with Gasteiger partial charge in [-0.25, -0.2) is 8.42 Å². The van der Waals surface area contributed by atoms with E-state index in [4.69, 9.17) is 4.74 Å². The summed E-state index contributed by atoms with van der Waals surface area (Å²) in [6.45, 7) is -1.14.